The van der Waals surface area contributed by atoms with E-state index in [1.165, 1.54) is 12.5 Å². The van der Waals surface area contributed by atoms with Gasteiger partial charge in [0.15, 0.2) is 11.6 Å². The summed E-state index contributed by atoms with van der Waals surface area (Å²) in [4.78, 5) is 16.5. The monoisotopic (exact) mass is 359 g/mol. The number of halogens is 3. The highest BCUT2D eigenvalue weighted by Gasteiger charge is 2.32. The topological polar surface area (TPSA) is 35.6 Å². The van der Waals surface area contributed by atoms with Crippen LogP contribution >= 0.6 is 12.4 Å². The minimum absolute atomic E-state index is 0. The Morgan fingerprint density at radius 3 is 2.50 bits per heavy atom. The van der Waals surface area contributed by atoms with Crippen LogP contribution in [0, 0.1) is 17.0 Å². The van der Waals surface area contributed by atoms with Crippen LogP contribution in [0.1, 0.15) is 23.7 Å². The van der Waals surface area contributed by atoms with E-state index in [1.54, 1.807) is 4.90 Å². The fourth-order valence-electron chi connectivity index (χ4n) is 3.46. The molecule has 24 heavy (non-hydrogen) atoms. The summed E-state index contributed by atoms with van der Waals surface area (Å²) in [5, 5.41) is 3.40. The standard InChI is InChI=1S/C17H23F2N3O.ClH/c1-17(4-5-20-11-17)12-21-6-8-22(9-7-21)16(23)13-2-3-14(18)15(19)10-13;/h2-3,10,20H,4-9,11-12H2,1H3;1H. The lowest BCUT2D eigenvalue weighted by atomic mass is 9.89. The molecule has 0 radical (unpaired) electrons. The van der Waals surface area contributed by atoms with Gasteiger partial charge in [0.2, 0.25) is 0 Å². The highest BCUT2D eigenvalue weighted by molar-refractivity contribution is 5.94. The maximum Gasteiger partial charge on any atom is 0.254 e. The first-order chi connectivity index (χ1) is 11.0. The fourth-order valence-corrected chi connectivity index (χ4v) is 3.46. The average molecular weight is 360 g/mol. The number of hydrogen-bond acceptors (Lipinski definition) is 3. The van der Waals surface area contributed by atoms with E-state index in [-0.39, 0.29) is 23.9 Å². The molecule has 1 amide bonds. The van der Waals surface area contributed by atoms with E-state index in [2.05, 4.69) is 17.1 Å². The summed E-state index contributed by atoms with van der Waals surface area (Å²) in [7, 11) is 0. The van der Waals surface area contributed by atoms with Gasteiger partial charge < -0.3 is 10.2 Å². The van der Waals surface area contributed by atoms with Crippen LogP contribution in [0.3, 0.4) is 0 Å². The maximum atomic E-state index is 13.3. The maximum absolute atomic E-state index is 13.3. The van der Waals surface area contributed by atoms with Gasteiger partial charge in [-0.15, -0.1) is 12.4 Å². The molecular weight excluding hydrogens is 336 g/mol. The zero-order valence-electron chi connectivity index (χ0n) is 13.9. The van der Waals surface area contributed by atoms with Gasteiger partial charge >= 0.3 is 0 Å². The molecule has 1 atom stereocenters. The molecule has 134 valence electrons. The van der Waals surface area contributed by atoms with Gasteiger partial charge in [0.25, 0.3) is 5.91 Å². The van der Waals surface area contributed by atoms with Crippen LogP contribution in [0.25, 0.3) is 0 Å². The van der Waals surface area contributed by atoms with Crippen LogP contribution in [0.5, 0.6) is 0 Å². The van der Waals surface area contributed by atoms with Crippen LogP contribution in [0.4, 0.5) is 8.78 Å². The molecule has 0 spiro atoms. The normalized spacial score (nSPS) is 24.7. The molecule has 2 heterocycles. The quantitative estimate of drug-likeness (QED) is 0.898. The van der Waals surface area contributed by atoms with E-state index in [4.69, 9.17) is 0 Å². The first kappa shape index (κ1) is 19.1. The van der Waals surface area contributed by atoms with Gasteiger partial charge in [-0.05, 0) is 36.6 Å². The number of carbonyl (C=O) groups is 1. The second kappa shape index (κ2) is 7.76. The summed E-state index contributed by atoms with van der Waals surface area (Å²) in [6.07, 6.45) is 1.18. The van der Waals surface area contributed by atoms with Crippen LogP contribution in [0.2, 0.25) is 0 Å². The Morgan fingerprint density at radius 1 is 1.21 bits per heavy atom. The van der Waals surface area contributed by atoms with E-state index in [0.29, 0.717) is 18.5 Å². The van der Waals surface area contributed by atoms with Crippen molar-refractivity contribution in [3.8, 4) is 0 Å². The molecule has 0 bridgehead atoms. The molecule has 2 fully saturated rings. The van der Waals surface area contributed by atoms with E-state index in [0.717, 1.165) is 44.9 Å². The zero-order chi connectivity index (χ0) is 16.4. The molecule has 2 saturated heterocycles. The van der Waals surface area contributed by atoms with Gasteiger partial charge in [-0.25, -0.2) is 8.78 Å². The third-order valence-corrected chi connectivity index (χ3v) is 4.89. The highest BCUT2D eigenvalue weighted by Crippen LogP contribution is 2.26. The van der Waals surface area contributed by atoms with Crippen molar-refractivity contribution in [1.82, 2.24) is 15.1 Å². The third kappa shape index (κ3) is 4.23. The molecule has 1 aromatic carbocycles. The van der Waals surface area contributed by atoms with Crippen molar-refractivity contribution in [2.75, 3.05) is 45.8 Å². The number of hydrogen-bond donors (Lipinski definition) is 1. The molecule has 4 nitrogen and oxygen atoms in total. The number of nitrogens with zero attached hydrogens (tertiary/aromatic N) is 2. The smallest absolute Gasteiger partial charge is 0.254 e. The molecule has 3 rings (SSSR count). The van der Waals surface area contributed by atoms with Crippen LogP contribution in [-0.2, 0) is 0 Å². The van der Waals surface area contributed by atoms with Crippen molar-refractivity contribution in [3.05, 3.63) is 35.4 Å². The van der Waals surface area contributed by atoms with Gasteiger partial charge in [-0.3, -0.25) is 9.69 Å². The zero-order valence-corrected chi connectivity index (χ0v) is 14.7. The predicted octanol–water partition coefficient (Wildman–Crippen LogP) is 2.14. The van der Waals surface area contributed by atoms with Gasteiger partial charge in [-0.1, -0.05) is 6.92 Å². The van der Waals surface area contributed by atoms with Crippen molar-refractivity contribution in [3.63, 3.8) is 0 Å². The Morgan fingerprint density at radius 2 is 1.92 bits per heavy atom. The van der Waals surface area contributed by atoms with Gasteiger partial charge in [-0.2, -0.15) is 0 Å². The second-order valence-corrected chi connectivity index (χ2v) is 6.93. The Hall–Kier alpha value is -1.24. The molecule has 1 N–H and O–H groups in total. The fraction of sp³-hybridized carbons (Fsp3) is 0.588. The average Bonchev–Trinajstić information content (AvgIpc) is 2.96. The van der Waals surface area contributed by atoms with Crippen molar-refractivity contribution in [1.29, 1.82) is 0 Å². The Bertz CT molecular complexity index is 585. The largest absolute Gasteiger partial charge is 0.336 e. The molecule has 1 unspecified atom stereocenters. The Balaban J connectivity index is 0.00000208. The summed E-state index contributed by atoms with van der Waals surface area (Å²) in [6, 6.07) is 3.33. The second-order valence-electron chi connectivity index (χ2n) is 6.93. The third-order valence-electron chi connectivity index (χ3n) is 4.89. The van der Waals surface area contributed by atoms with Crippen molar-refractivity contribution < 1.29 is 13.6 Å². The lowest BCUT2D eigenvalue weighted by molar-refractivity contribution is 0.0581. The number of benzene rings is 1. The van der Waals surface area contributed by atoms with Crippen LogP contribution in [-0.4, -0.2) is 61.5 Å². The van der Waals surface area contributed by atoms with E-state index < -0.39 is 11.6 Å². The van der Waals surface area contributed by atoms with Crippen LogP contribution in [0.15, 0.2) is 18.2 Å². The number of nitrogens with one attached hydrogen (secondary N) is 1. The SMILES string of the molecule is CC1(CN2CCN(C(=O)c3ccc(F)c(F)c3)CC2)CCNC1.Cl. The van der Waals surface area contributed by atoms with Crippen molar-refractivity contribution in [2.24, 2.45) is 5.41 Å². The number of rotatable bonds is 3. The first-order valence-electron chi connectivity index (χ1n) is 8.14. The van der Waals surface area contributed by atoms with E-state index in [1.807, 2.05) is 0 Å². The van der Waals surface area contributed by atoms with Crippen LogP contribution < -0.4 is 5.32 Å². The van der Waals surface area contributed by atoms with E-state index in [9.17, 15) is 13.6 Å². The van der Waals surface area contributed by atoms with Gasteiger partial charge in [0.1, 0.15) is 0 Å². The molecule has 2 aliphatic rings. The first-order valence-corrected chi connectivity index (χ1v) is 8.14. The lowest BCUT2D eigenvalue weighted by Crippen LogP contribution is -2.51. The summed E-state index contributed by atoms with van der Waals surface area (Å²) in [5.41, 5.74) is 0.524. The summed E-state index contributed by atoms with van der Waals surface area (Å²) < 4.78 is 26.3. The number of carbonyl (C=O) groups excluding carboxylic acids is 1. The molecule has 2 aliphatic heterocycles. The minimum atomic E-state index is -0.976. The minimum Gasteiger partial charge on any atom is -0.336 e. The molecule has 7 heteroatoms. The Labute approximate surface area is 147 Å². The summed E-state index contributed by atoms with van der Waals surface area (Å²) in [5.74, 6) is -2.13. The summed E-state index contributed by atoms with van der Waals surface area (Å²) >= 11 is 0. The molecular formula is C17H24ClF2N3O. The van der Waals surface area contributed by atoms with Crippen molar-refractivity contribution in [2.45, 2.75) is 13.3 Å². The Kier molecular flexibility index (Phi) is 6.17. The number of amides is 1. The van der Waals surface area contributed by atoms with Gasteiger partial charge in [0.05, 0.1) is 0 Å². The van der Waals surface area contributed by atoms with Crippen molar-refractivity contribution >= 4 is 18.3 Å². The highest BCUT2D eigenvalue weighted by atomic mass is 35.5. The molecule has 0 saturated carbocycles. The lowest BCUT2D eigenvalue weighted by Gasteiger charge is -2.38. The molecule has 0 aliphatic carbocycles. The number of piperazine rings is 1. The predicted molar refractivity (Wildman–Crippen MR) is 91.5 cm³/mol. The van der Waals surface area contributed by atoms with E-state index >= 15 is 0 Å². The molecule has 0 aromatic heterocycles. The summed E-state index contributed by atoms with van der Waals surface area (Å²) in [6.45, 7) is 8.35. The van der Waals surface area contributed by atoms with Gasteiger partial charge in [0, 0.05) is 44.8 Å². The molecule has 1 aromatic rings.